The predicted molar refractivity (Wildman–Crippen MR) is 127 cm³/mol. The number of aromatic nitrogens is 4. The summed E-state index contributed by atoms with van der Waals surface area (Å²) in [5.74, 6) is 0.875. The third kappa shape index (κ3) is 5.73. The Labute approximate surface area is 187 Å². The Morgan fingerprint density at radius 1 is 1.19 bits per heavy atom. The average molecular weight is 437 g/mol. The molecule has 0 unspecified atom stereocenters. The van der Waals surface area contributed by atoms with Crippen molar-refractivity contribution in [3.8, 4) is 11.4 Å². The summed E-state index contributed by atoms with van der Waals surface area (Å²) in [4.78, 5) is 18.8. The fourth-order valence-electron chi connectivity index (χ4n) is 3.31. The van der Waals surface area contributed by atoms with Crippen LogP contribution in [0.25, 0.3) is 11.4 Å². The number of amides is 1. The smallest absolute Gasteiger partial charge is 0.234 e. The maximum Gasteiger partial charge on any atom is 0.234 e. The molecule has 2 aromatic heterocycles. The molecule has 0 aliphatic rings. The van der Waals surface area contributed by atoms with Crippen molar-refractivity contribution in [3.05, 3.63) is 61.4 Å². The second-order valence-corrected chi connectivity index (χ2v) is 8.15. The highest BCUT2D eigenvalue weighted by atomic mass is 32.2. The van der Waals surface area contributed by atoms with Crippen molar-refractivity contribution >= 4 is 29.0 Å². The summed E-state index contributed by atoms with van der Waals surface area (Å²) >= 11 is 1.35. The minimum Gasteiger partial charge on any atom is -0.369 e. The van der Waals surface area contributed by atoms with Gasteiger partial charge in [-0.3, -0.25) is 14.3 Å². The number of hydrogen-bond donors (Lipinski definition) is 1. The molecular formula is C23H28N6OS. The largest absolute Gasteiger partial charge is 0.369 e. The van der Waals surface area contributed by atoms with Gasteiger partial charge in [-0.15, -0.1) is 16.8 Å². The van der Waals surface area contributed by atoms with Gasteiger partial charge in [0.1, 0.15) is 0 Å². The molecule has 0 aliphatic carbocycles. The number of pyridine rings is 1. The molecule has 3 aromatic rings. The lowest BCUT2D eigenvalue weighted by atomic mass is 10.2. The van der Waals surface area contributed by atoms with E-state index in [1.165, 1.54) is 11.8 Å². The average Bonchev–Trinajstić information content (AvgIpc) is 3.17. The van der Waals surface area contributed by atoms with Gasteiger partial charge in [0.05, 0.1) is 5.75 Å². The first kappa shape index (κ1) is 22.6. The molecular weight excluding hydrogens is 408 g/mol. The van der Waals surface area contributed by atoms with E-state index in [1.54, 1.807) is 18.5 Å². The van der Waals surface area contributed by atoms with E-state index < -0.39 is 0 Å². The van der Waals surface area contributed by atoms with Crippen LogP contribution < -0.4 is 10.2 Å². The zero-order chi connectivity index (χ0) is 22.2. The Kier molecular flexibility index (Phi) is 7.83. The zero-order valence-corrected chi connectivity index (χ0v) is 19.0. The number of hydrogen-bond acceptors (Lipinski definition) is 6. The quantitative estimate of drug-likeness (QED) is 0.373. The van der Waals surface area contributed by atoms with Gasteiger partial charge >= 0.3 is 0 Å². The molecule has 0 radical (unpaired) electrons. The van der Waals surface area contributed by atoms with Crippen molar-refractivity contribution in [2.75, 3.05) is 22.5 Å². The molecule has 3 rings (SSSR count). The molecule has 1 amide bonds. The van der Waals surface area contributed by atoms with Crippen LogP contribution in [0.2, 0.25) is 0 Å². The van der Waals surface area contributed by atoms with Gasteiger partial charge in [-0.25, -0.2) is 0 Å². The van der Waals surface area contributed by atoms with Crippen LogP contribution in [0, 0.1) is 0 Å². The van der Waals surface area contributed by atoms with Crippen LogP contribution in [0.4, 0.5) is 11.4 Å². The third-order valence-electron chi connectivity index (χ3n) is 4.75. The Morgan fingerprint density at radius 3 is 2.52 bits per heavy atom. The van der Waals surface area contributed by atoms with Crippen LogP contribution in [-0.4, -0.2) is 44.0 Å². The van der Waals surface area contributed by atoms with Crippen molar-refractivity contribution in [3.63, 3.8) is 0 Å². The van der Waals surface area contributed by atoms with Crippen molar-refractivity contribution in [2.45, 2.75) is 38.5 Å². The molecule has 31 heavy (non-hydrogen) atoms. The molecule has 0 spiro atoms. The Balaban J connectivity index is 1.63. The number of anilines is 2. The first-order valence-electron chi connectivity index (χ1n) is 10.3. The Morgan fingerprint density at radius 2 is 1.90 bits per heavy atom. The Bertz CT molecular complexity index is 1000. The number of allylic oxidation sites excluding steroid dienone is 1. The number of nitrogens with one attached hydrogen (secondary N) is 1. The van der Waals surface area contributed by atoms with E-state index in [9.17, 15) is 4.79 Å². The maximum atomic E-state index is 12.5. The SMILES string of the molecule is C=CCn1c(SCC(=O)Nc2ccc(N(CC)C(C)C)cc2)nnc1-c1ccncc1. The van der Waals surface area contributed by atoms with Gasteiger partial charge in [0.2, 0.25) is 5.91 Å². The molecule has 0 bridgehead atoms. The van der Waals surface area contributed by atoms with E-state index in [-0.39, 0.29) is 11.7 Å². The van der Waals surface area contributed by atoms with Gasteiger partial charge in [-0.2, -0.15) is 0 Å². The number of rotatable bonds is 10. The molecule has 1 N–H and O–H groups in total. The maximum absolute atomic E-state index is 12.5. The summed E-state index contributed by atoms with van der Waals surface area (Å²) in [5, 5.41) is 12.2. The fourth-order valence-corrected chi connectivity index (χ4v) is 4.06. The summed E-state index contributed by atoms with van der Waals surface area (Å²) in [7, 11) is 0. The van der Waals surface area contributed by atoms with E-state index in [0.29, 0.717) is 17.7 Å². The molecule has 0 aliphatic heterocycles. The molecule has 1 aromatic carbocycles. The van der Waals surface area contributed by atoms with Crippen LogP contribution in [0.5, 0.6) is 0 Å². The van der Waals surface area contributed by atoms with Gasteiger partial charge in [0, 0.05) is 48.5 Å². The number of nitrogens with zero attached hydrogens (tertiary/aromatic N) is 5. The molecule has 162 valence electrons. The third-order valence-corrected chi connectivity index (χ3v) is 5.71. The van der Waals surface area contributed by atoms with E-state index in [2.05, 4.69) is 52.7 Å². The number of benzene rings is 1. The lowest BCUT2D eigenvalue weighted by Gasteiger charge is -2.27. The van der Waals surface area contributed by atoms with Crippen LogP contribution in [-0.2, 0) is 11.3 Å². The standard InChI is InChI=1S/C23H28N6OS/c1-5-15-29-22(18-11-13-24-14-12-18)26-27-23(29)31-16-21(30)25-19-7-9-20(10-8-19)28(6-2)17(3)4/h5,7-14,17H,1,6,15-16H2,2-4H3,(H,25,30). The van der Waals surface area contributed by atoms with Crippen molar-refractivity contribution < 1.29 is 4.79 Å². The minimum absolute atomic E-state index is 0.0902. The van der Waals surface area contributed by atoms with E-state index in [0.717, 1.165) is 29.3 Å². The second-order valence-electron chi connectivity index (χ2n) is 7.20. The minimum atomic E-state index is -0.0902. The highest BCUT2D eigenvalue weighted by Crippen LogP contribution is 2.24. The first-order chi connectivity index (χ1) is 15.0. The van der Waals surface area contributed by atoms with Crippen molar-refractivity contribution in [1.29, 1.82) is 0 Å². The number of thioether (sulfide) groups is 1. The van der Waals surface area contributed by atoms with Crippen LogP contribution in [0.15, 0.2) is 66.6 Å². The molecule has 7 nitrogen and oxygen atoms in total. The van der Waals surface area contributed by atoms with Crippen LogP contribution >= 0.6 is 11.8 Å². The molecule has 2 heterocycles. The summed E-state index contributed by atoms with van der Waals surface area (Å²) in [6.07, 6.45) is 5.22. The molecule has 0 atom stereocenters. The fraction of sp³-hybridized carbons (Fsp3) is 0.304. The number of carbonyl (C=O) groups is 1. The van der Waals surface area contributed by atoms with E-state index >= 15 is 0 Å². The Hall–Kier alpha value is -3.13. The summed E-state index contributed by atoms with van der Waals surface area (Å²) in [6.45, 7) is 11.8. The summed E-state index contributed by atoms with van der Waals surface area (Å²) in [6, 6.07) is 12.1. The topological polar surface area (TPSA) is 75.9 Å². The summed E-state index contributed by atoms with van der Waals surface area (Å²) in [5.41, 5.74) is 2.84. The normalized spacial score (nSPS) is 10.8. The van der Waals surface area contributed by atoms with E-state index in [4.69, 9.17) is 0 Å². The molecule has 0 saturated heterocycles. The monoisotopic (exact) mass is 436 g/mol. The zero-order valence-electron chi connectivity index (χ0n) is 18.2. The van der Waals surface area contributed by atoms with Gasteiger partial charge < -0.3 is 10.2 Å². The van der Waals surface area contributed by atoms with Crippen LogP contribution in [0.3, 0.4) is 0 Å². The van der Waals surface area contributed by atoms with Crippen LogP contribution in [0.1, 0.15) is 20.8 Å². The van der Waals surface area contributed by atoms with Gasteiger partial charge in [0.15, 0.2) is 11.0 Å². The lowest BCUT2D eigenvalue weighted by Crippen LogP contribution is -2.30. The highest BCUT2D eigenvalue weighted by molar-refractivity contribution is 7.99. The highest BCUT2D eigenvalue weighted by Gasteiger charge is 2.15. The first-order valence-corrected chi connectivity index (χ1v) is 11.3. The molecule has 0 fully saturated rings. The van der Waals surface area contributed by atoms with Gasteiger partial charge in [-0.05, 0) is 57.2 Å². The van der Waals surface area contributed by atoms with Crippen molar-refractivity contribution in [1.82, 2.24) is 19.7 Å². The molecule has 8 heteroatoms. The number of carbonyl (C=O) groups excluding carboxylic acids is 1. The lowest BCUT2D eigenvalue weighted by molar-refractivity contribution is -0.113. The van der Waals surface area contributed by atoms with Crippen molar-refractivity contribution in [2.24, 2.45) is 0 Å². The van der Waals surface area contributed by atoms with Gasteiger partial charge in [0.25, 0.3) is 0 Å². The predicted octanol–water partition coefficient (Wildman–Crippen LogP) is 4.49. The summed E-state index contributed by atoms with van der Waals surface area (Å²) < 4.78 is 1.94. The van der Waals surface area contributed by atoms with Gasteiger partial charge in [-0.1, -0.05) is 17.8 Å². The molecule has 0 saturated carbocycles. The van der Waals surface area contributed by atoms with E-state index in [1.807, 2.05) is 41.0 Å². The second kappa shape index (κ2) is 10.8.